The normalized spacial score (nSPS) is 25.7. The predicted molar refractivity (Wildman–Crippen MR) is 95.1 cm³/mol. The Balaban J connectivity index is 1.49. The molecule has 0 aliphatic heterocycles. The van der Waals surface area contributed by atoms with Crippen molar-refractivity contribution in [3.05, 3.63) is 33.6 Å². The Morgan fingerprint density at radius 2 is 2.13 bits per heavy atom. The largest absolute Gasteiger partial charge is 0.302 e. The molecule has 3 atom stereocenters. The smallest absolute Gasteiger partial charge is 0.229 e. The third-order valence-electron chi connectivity index (χ3n) is 5.02. The maximum atomic E-state index is 12.5. The van der Waals surface area contributed by atoms with Gasteiger partial charge in [-0.2, -0.15) is 0 Å². The molecule has 3 unspecified atom stereocenters. The zero-order valence-electron chi connectivity index (χ0n) is 12.4. The highest BCUT2D eigenvalue weighted by Crippen LogP contribution is 2.48. The van der Waals surface area contributed by atoms with Crippen molar-refractivity contribution in [2.45, 2.75) is 25.7 Å². The molecular weight excluding hydrogens is 351 g/mol. The van der Waals surface area contributed by atoms with E-state index in [1.807, 2.05) is 11.4 Å². The minimum Gasteiger partial charge on any atom is -0.302 e. The van der Waals surface area contributed by atoms with E-state index in [1.165, 1.54) is 30.6 Å². The minimum absolute atomic E-state index is 0.125. The van der Waals surface area contributed by atoms with Crippen molar-refractivity contribution in [2.24, 2.45) is 17.8 Å². The van der Waals surface area contributed by atoms with Gasteiger partial charge in [-0.05, 0) is 49.3 Å². The number of amides is 1. The summed E-state index contributed by atoms with van der Waals surface area (Å²) in [7, 11) is 0. The Hall–Kier alpha value is -1.10. The number of halogens is 2. The number of carbonyl (C=O) groups excluding carboxylic acids is 1. The summed E-state index contributed by atoms with van der Waals surface area (Å²) in [4.78, 5) is 17.0. The maximum absolute atomic E-state index is 12.5. The minimum atomic E-state index is 0.125. The Bertz CT molecular complexity index is 761. The average Bonchev–Trinajstić information content (AvgIpc) is 3.23. The summed E-state index contributed by atoms with van der Waals surface area (Å²) < 4.78 is 0. The number of fused-ring (bicyclic) bond motifs is 2. The second-order valence-electron chi connectivity index (χ2n) is 6.43. The van der Waals surface area contributed by atoms with Gasteiger partial charge in [0.1, 0.15) is 0 Å². The summed E-state index contributed by atoms with van der Waals surface area (Å²) in [5.41, 5.74) is 1.59. The zero-order valence-corrected chi connectivity index (χ0v) is 14.7. The molecule has 6 heteroatoms. The molecule has 1 amide bonds. The molecule has 120 valence electrons. The van der Waals surface area contributed by atoms with Crippen LogP contribution in [0.5, 0.6) is 0 Å². The highest BCUT2D eigenvalue weighted by atomic mass is 35.5. The second kappa shape index (κ2) is 6.08. The fourth-order valence-electron chi connectivity index (χ4n) is 3.92. The van der Waals surface area contributed by atoms with E-state index in [-0.39, 0.29) is 11.8 Å². The van der Waals surface area contributed by atoms with Crippen LogP contribution in [0.1, 0.15) is 25.7 Å². The first-order valence-electron chi connectivity index (χ1n) is 7.82. The number of thiazole rings is 1. The Morgan fingerprint density at radius 1 is 1.26 bits per heavy atom. The van der Waals surface area contributed by atoms with Crippen LogP contribution in [0, 0.1) is 17.8 Å². The van der Waals surface area contributed by atoms with Crippen molar-refractivity contribution in [1.29, 1.82) is 0 Å². The Labute approximate surface area is 149 Å². The maximum Gasteiger partial charge on any atom is 0.229 e. The predicted octanol–water partition coefficient (Wildman–Crippen LogP) is 5.49. The molecule has 2 aliphatic carbocycles. The first kappa shape index (κ1) is 15.4. The van der Waals surface area contributed by atoms with Gasteiger partial charge < -0.3 is 5.32 Å². The van der Waals surface area contributed by atoms with Gasteiger partial charge in [-0.25, -0.2) is 4.98 Å². The van der Waals surface area contributed by atoms with Crippen LogP contribution in [-0.4, -0.2) is 10.9 Å². The van der Waals surface area contributed by atoms with Crippen molar-refractivity contribution in [1.82, 2.24) is 4.98 Å². The molecular formula is C17H16Cl2N2OS. The molecule has 0 saturated heterocycles. The molecule has 2 fully saturated rings. The quantitative estimate of drug-likeness (QED) is 0.779. The summed E-state index contributed by atoms with van der Waals surface area (Å²) in [6, 6.07) is 5.34. The summed E-state index contributed by atoms with van der Waals surface area (Å²) >= 11 is 13.6. The first-order chi connectivity index (χ1) is 11.1. The zero-order chi connectivity index (χ0) is 16.0. The standard InChI is InChI=1S/C17H16Cl2N2OS/c18-11-3-4-12(14(19)7-11)15-8-23-17(20-15)21-16(22)13-6-9-1-2-10(13)5-9/h3-4,7-10,13H,1-2,5-6H2,(H,20,21,22). The Kier molecular flexibility index (Phi) is 4.08. The van der Waals surface area contributed by atoms with Gasteiger partial charge >= 0.3 is 0 Å². The lowest BCUT2D eigenvalue weighted by Gasteiger charge is -2.19. The molecule has 23 heavy (non-hydrogen) atoms. The second-order valence-corrected chi connectivity index (χ2v) is 8.13. The van der Waals surface area contributed by atoms with E-state index < -0.39 is 0 Å². The summed E-state index contributed by atoms with van der Waals surface area (Å²) in [6.07, 6.45) is 4.76. The third kappa shape index (κ3) is 3.00. The molecule has 2 saturated carbocycles. The van der Waals surface area contributed by atoms with Crippen molar-refractivity contribution in [3.63, 3.8) is 0 Å². The number of carbonyl (C=O) groups is 1. The lowest BCUT2D eigenvalue weighted by atomic mass is 9.88. The van der Waals surface area contributed by atoms with E-state index >= 15 is 0 Å². The van der Waals surface area contributed by atoms with Gasteiger partial charge in [0.2, 0.25) is 5.91 Å². The average molecular weight is 367 g/mol. The highest BCUT2D eigenvalue weighted by molar-refractivity contribution is 7.14. The number of hydrogen-bond acceptors (Lipinski definition) is 3. The van der Waals surface area contributed by atoms with Gasteiger partial charge in [-0.15, -0.1) is 11.3 Å². The lowest BCUT2D eigenvalue weighted by Crippen LogP contribution is -2.27. The molecule has 3 nitrogen and oxygen atoms in total. The molecule has 1 aromatic heterocycles. The fraction of sp³-hybridized carbons (Fsp3) is 0.412. The fourth-order valence-corrected chi connectivity index (χ4v) is 5.13. The van der Waals surface area contributed by atoms with E-state index in [2.05, 4.69) is 10.3 Å². The van der Waals surface area contributed by atoms with Gasteiger partial charge in [0, 0.05) is 21.9 Å². The van der Waals surface area contributed by atoms with Crippen LogP contribution < -0.4 is 5.32 Å². The van der Waals surface area contributed by atoms with Crippen LogP contribution in [-0.2, 0) is 4.79 Å². The van der Waals surface area contributed by atoms with E-state index in [0.29, 0.717) is 21.1 Å². The van der Waals surface area contributed by atoms with Crippen LogP contribution in [0.25, 0.3) is 11.3 Å². The van der Waals surface area contributed by atoms with Crippen molar-refractivity contribution in [3.8, 4) is 11.3 Å². The Morgan fingerprint density at radius 3 is 2.83 bits per heavy atom. The number of anilines is 1. The van der Waals surface area contributed by atoms with Gasteiger partial charge in [-0.1, -0.05) is 29.6 Å². The number of nitrogens with one attached hydrogen (secondary N) is 1. The van der Waals surface area contributed by atoms with E-state index in [9.17, 15) is 4.79 Å². The molecule has 0 spiro atoms. The summed E-state index contributed by atoms with van der Waals surface area (Å²) in [5, 5.41) is 6.69. The molecule has 1 N–H and O–H groups in total. The molecule has 2 aromatic rings. The van der Waals surface area contributed by atoms with Gasteiger partial charge in [-0.3, -0.25) is 4.79 Å². The van der Waals surface area contributed by atoms with Crippen LogP contribution in [0.4, 0.5) is 5.13 Å². The van der Waals surface area contributed by atoms with Crippen LogP contribution in [0.15, 0.2) is 23.6 Å². The third-order valence-corrected chi connectivity index (χ3v) is 6.32. The summed E-state index contributed by atoms with van der Waals surface area (Å²) in [6.45, 7) is 0. The van der Waals surface area contributed by atoms with Gasteiger partial charge in [0.15, 0.2) is 5.13 Å². The summed E-state index contributed by atoms with van der Waals surface area (Å²) in [5.74, 6) is 1.63. The van der Waals surface area contributed by atoms with Crippen LogP contribution in [0.2, 0.25) is 10.0 Å². The topological polar surface area (TPSA) is 42.0 Å². The first-order valence-corrected chi connectivity index (χ1v) is 9.45. The van der Waals surface area contributed by atoms with E-state index in [0.717, 1.165) is 23.6 Å². The SMILES string of the molecule is O=C(Nc1nc(-c2ccc(Cl)cc2Cl)cs1)C1CC2CCC1C2. The molecule has 4 rings (SSSR count). The number of hydrogen-bond donors (Lipinski definition) is 1. The molecule has 1 aromatic carbocycles. The van der Waals surface area contributed by atoms with Crippen molar-refractivity contribution >= 4 is 45.6 Å². The van der Waals surface area contributed by atoms with Gasteiger partial charge in [0.05, 0.1) is 10.7 Å². The van der Waals surface area contributed by atoms with Crippen molar-refractivity contribution in [2.75, 3.05) is 5.32 Å². The molecule has 2 aliphatic rings. The monoisotopic (exact) mass is 366 g/mol. The molecule has 0 radical (unpaired) electrons. The van der Waals surface area contributed by atoms with Crippen LogP contribution in [0.3, 0.4) is 0 Å². The van der Waals surface area contributed by atoms with E-state index in [4.69, 9.17) is 23.2 Å². The van der Waals surface area contributed by atoms with Crippen molar-refractivity contribution < 1.29 is 4.79 Å². The van der Waals surface area contributed by atoms with Crippen LogP contribution >= 0.6 is 34.5 Å². The molecule has 2 bridgehead atoms. The highest BCUT2D eigenvalue weighted by Gasteiger charge is 2.43. The number of aromatic nitrogens is 1. The number of rotatable bonds is 3. The van der Waals surface area contributed by atoms with E-state index in [1.54, 1.807) is 12.1 Å². The number of nitrogens with zero attached hydrogens (tertiary/aromatic N) is 1. The number of benzene rings is 1. The van der Waals surface area contributed by atoms with Gasteiger partial charge in [0.25, 0.3) is 0 Å². The lowest BCUT2D eigenvalue weighted by molar-refractivity contribution is -0.121. The molecule has 1 heterocycles.